The van der Waals surface area contributed by atoms with E-state index < -0.39 is 0 Å². The number of ether oxygens (including phenoxy) is 1. The van der Waals surface area contributed by atoms with E-state index >= 15 is 0 Å². The van der Waals surface area contributed by atoms with E-state index in [1.165, 1.54) is 0 Å². The van der Waals surface area contributed by atoms with E-state index in [4.69, 9.17) is 39.5 Å². The Kier molecular flexibility index (Phi) is 5.32. The number of aromatic nitrogens is 1. The number of nitrogens with zero attached hydrogens (tertiary/aromatic N) is 1. The highest BCUT2D eigenvalue weighted by atomic mass is 35.5. The van der Waals surface area contributed by atoms with Gasteiger partial charge in [0.15, 0.2) is 0 Å². The summed E-state index contributed by atoms with van der Waals surface area (Å²) < 4.78 is 6.33. The predicted octanol–water partition coefficient (Wildman–Crippen LogP) is 5.08. The lowest BCUT2D eigenvalue weighted by Crippen LogP contribution is -2.22. The summed E-state index contributed by atoms with van der Waals surface area (Å²) in [6.07, 6.45) is 4.29. The van der Waals surface area contributed by atoms with Crippen molar-refractivity contribution in [2.75, 3.05) is 13.1 Å². The minimum Gasteiger partial charge on any atom is -0.483 e. The number of pyridine rings is 1. The average molecular weight is 372 g/mol. The minimum atomic E-state index is -0.159. The lowest BCUT2D eigenvalue weighted by molar-refractivity contribution is 0.143. The van der Waals surface area contributed by atoms with E-state index in [2.05, 4.69) is 10.3 Å². The Morgan fingerprint density at radius 3 is 2.65 bits per heavy atom. The Balaban J connectivity index is 1.96. The molecular formula is C17H17Cl3N2O. The van der Waals surface area contributed by atoms with Gasteiger partial charge in [-0.05, 0) is 43.7 Å². The molecule has 122 valence electrons. The van der Waals surface area contributed by atoms with Crippen LogP contribution >= 0.6 is 34.8 Å². The van der Waals surface area contributed by atoms with E-state index in [0.29, 0.717) is 26.7 Å². The van der Waals surface area contributed by atoms with Crippen molar-refractivity contribution in [3.05, 3.63) is 56.8 Å². The Labute approximate surface area is 150 Å². The number of hydrogen-bond donors (Lipinski definition) is 1. The first-order valence-corrected chi connectivity index (χ1v) is 8.61. The van der Waals surface area contributed by atoms with E-state index in [-0.39, 0.29) is 6.10 Å². The Morgan fingerprint density at radius 2 is 2.00 bits per heavy atom. The largest absolute Gasteiger partial charge is 0.483 e. The Morgan fingerprint density at radius 1 is 1.17 bits per heavy atom. The van der Waals surface area contributed by atoms with Crippen LogP contribution in [0.15, 0.2) is 30.6 Å². The van der Waals surface area contributed by atoms with Gasteiger partial charge < -0.3 is 10.1 Å². The normalized spacial score (nSPS) is 18.9. The van der Waals surface area contributed by atoms with Crippen molar-refractivity contribution in [3.63, 3.8) is 0 Å². The molecule has 3 rings (SSSR count). The summed E-state index contributed by atoms with van der Waals surface area (Å²) in [5.41, 5.74) is 1.87. The van der Waals surface area contributed by atoms with Crippen LogP contribution in [0.25, 0.3) is 0 Å². The molecule has 2 aromatic rings. The maximum absolute atomic E-state index is 6.34. The number of benzene rings is 1. The van der Waals surface area contributed by atoms with Gasteiger partial charge in [0.05, 0.1) is 10.0 Å². The van der Waals surface area contributed by atoms with Gasteiger partial charge in [-0.15, -0.1) is 0 Å². The number of nitrogens with one attached hydrogen (secondary N) is 1. The maximum Gasteiger partial charge on any atom is 0.141 e. The second kappa shape index (κ2) is 7.27. The summed E-state index contributed by atoms with van der Waals surface area (Å²) in [4.78, 5) is 4.19. The van der Waals surface area contributed by atoms with E-state index in [9.17, 15) is 0 Å². The molecule has 2 atom stereocenters. The summed E-state index contributed by atoms with van der Waals surface area (Å²) in [5, 5.41) is 5.09. The lowest BCUT2D eigenvalue weighted by atomic mass is 9.95. The molecule has 23 heavy (non-hydrogen) atoms. The summed E-state index contributed by atoms with van der Waals surface area (Å²) in [6, 6.07) is 5.45. The van der Waals surface area contributed by atoms with Gasteiger partial charge in [-0.25, -0.2) is 0 Å². The van der Waals surface area contributed by atoms with E-state index in [1.54, 1.807) is 18.5 Å². The molecule has 1 saturated heterocycles. The first-order chi connectivity index (χ1) is 11.0. The summed E-state index contributed by atoms with van der Waals surface area (Å²) in [6.45, 7) is 3.81. The van der Waals surface area contributed by atoms with Gasteiger partial charge in [-0.1, -0.05) is 34.8 Å². The van der Waals surface area contributed by atoms with Gasteiger partial charge in [0.1, 0.15) is 11.9 Å². The van der Waals surface area contributed by atoms with Gasteiger partial charge in [-0.2, -0.15) is 0 Å². The molecule has 1 aliphatic rings. The highest BCUT2D eigenvalue weighted by Crippen LogP contribution is 2.38. The van der Waals surface area contributed by atoms with Crippen LogP contribution in [0.5, 0.6) is 5.75 Å². The Hall–Kier alpha value is -1.00. The van der Waals surface area contributed by atoms with E-state index in [1.807, 2.05) is 19.1 Å². The van der Waals surface area contributed by atoms with Crippen LogP contribution in [0.4, 0.5) is 0 Å². The summed E-state index contributed by atoms with van der Waals surface area (Å²) in [7, 11) is 0. The molecule has 3 nitrogen and oxygen atoms in total. The van der Waals surface area contributed by atoms with Crippen LogP contribution in [0.2, 0.25) is 15.1 Å². The fraction of sp³-hybridized carbons (Fsp3) is 0.353. The Bertz CT molecular complexity index is 679. The quantitative estimate of drug-likeness (QED) is 0.814. The van der Waals surface area contributed by atoms with Crippen molar-refractivity contribution in [3.8, 4) is 5.75 Å². The smallest absolute Gasteiger partial charge is 0.141 e. The number of halogens is 3. The molecule has 1 aromatic carbocycles. The van der Waals surface area contributed by atoms with Crippen molar-refractivity contribution >= 4 is 34.8 Å². The SMILES string of the molecule is Cc1cc(Cl)cc(Cl)c1O[C@@H](c1cncc(Cl)c1)[C@H]1CCNC1. The monoisotopic (exact) mass is 370 g/mol. The molecule has 0 unspecified atom stereocenters. The molecule has 0 amide bonds. The number of aryl methyl sites for hydroxylation is 1. The molecule has 2 heterocycles. The van der Waals surface area contributed by atoms with Gasteiger partial charge in [0.2, 0.25) is 0 Å². The van der Waals surface area contributed by atoms with Gasteiger partial charge in [0, 0.05) is 35.4 Å². The number of rotatable bonds is 4. The van der Waals surface area contributed by atoms with Crippen molar-refractivity contribution in [1.82, 2.24) is 10.3 Å². The van der Waals surface area contributed by atoms with E-state index in [0.717, 1.165) is 30.6 Å². The lowest BCUT2D eigenvalue weighted by Gasteiger charge is -2.26. The van der Waals surface area contributed by atoms with Crippen molar-refractivity contribution in [1.29, 1.82) is 0 Å². The second-order valence-electron chi connectivity index (χ2n) is 5.76. The third-order valence-corrected chi connectivity index (χ3v) is 4.73. The van der Waals surface area contributed by atoms with Crippen LogP contribution < -0.4 is 10.1 Å². The molecule has 1 aromatic heterocycles. The molecule has 1 N–H and O–H groups in total. The molecule has 0 saturated carbocycles. The fourth-order valence-electron chi connectivity index (χ4n) is 2.92. The van der Waals surface area contributed by atoms with Gasteiger partial charge >= 0.3 is 0 Å². The molecule has 1 aliphatic heterocycles. The highest BCUT2D eigenvalue weighted by molar-refractivity contribution is 6.35. The molecular weight excluding hydrogens is 355 g/mol. The summed E-state index contributed by atoms with van der Waals surface area (Å²) in [5.74, 6) is 0.995. The zero-order valence-electron chi connectivity index (χ0n) is 12.7. The highest BCUT2D eigenvalue weighted by Gasteiger charge is 2.29. The standard InChI is InChI=1S/C17H17Cl3N2O/c1-10-4-13(18)6-15(20)16(10)23-17(11-2-3-21-7-11)12-5-14(19)9-22-8-12/h4-6,8-9,11,17,21H,2-3,7H2,1H3/t11-,17+/m0/s1. The molecule has 0 bridgehead atoms. The minimum absolute atomic E-state index is 0.159. The zero-order valence-corrected chi connectivity index (χ0v) is 14.9. The average Bonchev–Trinajstić information content (AvgIpc) is 3.00. The predicted molar refractivity (Wildman–Crippen MR) is 94.8 cm³/mol. The second-order valence-corrected chi connectivity index (χ2v) is 7.04. The van der Waals surface area contributed by atoms with Gasteiger partial charge in [0.25, 0.3) is 0 Å². The van der Waals surface area contributed by atoms with Crippen LogP contribution in [0.3, 0.4) is 0 Å². The molecule has 0 aliphatic carbocycles. The summed E-state index contributed by atoms with van der Waals surface area (Å²) >= 11 is 18.5. The maximum atomic E-state index is 6.34. The number of hydrogen-bond acceptors (Lipinski definition) is 3. The molecule has 0 radical (unpaired) electrons. The van der Waals surface area contributed by atoms with Crippen LogP contribution in [0, 0.1) is 12.8 Å². The fourth-order valence-corrected chi connectivity index (χ4v) is 3.74. The first kappa shape index (κ1) is 16.8. The molecule has 0 spiro atoms. The van der Waals surface area contributed by atoms with Gasteiger partial charge in [-0.3, -0.25) is 4.98 Å². The van der Waals surface area contributed by atoms with Crippen molar-refractivity contribution < 1.29 is 4.74 Å². The third kappa shape index (κ3) is 3.92. The topological polar surface area (TPSA) is 34.1 Å². The van der Waals surface area contributed by atoms with Crippen molar-refractivity contribution in [2.24, 2.45) is 5.92 Å². The molecule has 6 heteroatoms. The third-order valence-electron chi connectivity index (χ3n) is 4.02. The van der Waals surface area contributed by atoms with Crippen molar-refractivity contribution in [2.45, 2.75) is 19.4 Å². The first-order valence-electron chi connectivity index (χ1n) is 7.48. The van der Waals surface area contributed by atoms with Crippen LogP contribution in [-0.2, 0) is 0 Å². The zero-order chi connectivity index (χ0) is 16.4. The van der Waals surface area contributed by atoms with Crippen LogP contribution in [0.1, 0.15) is 23.7 Å². The van der Waals surface area contributed by atoms with Crippen LogP contribution in [-0.4, -0.2) is 18.1 Å². The molecule has 1 fully saturated rings.